The average Bonchev–Trinajstić information content (AvgIpc) is 2.41. The Labute approximate surface area is 140 Å². The van der Waals surface area contributed by atoms with E-state index < -0.39 is 6.04 Å². The summed E-state index contributed by atoms with van der Waals surface area (Å²) in [6.45, 7) is 4.49. The second-order valence-electron chi connectivity index (χ2n) is 4.87. The Morgan fingerprint density at radius 2 is 2.09 bits per heavy atom. The number of nitrogens with one attached hydrogen (secondary N) is 3. The summed E-state index contributed by atoms with van der Waals surface area (Å²) in [5.74, 6) is -0.378. The van der Waals surface area contributed by atoms with E-state index in [1.807, 2.05) is 6.92 Å². The maximum atomic E-state index is 12.2. The molecule has 0 bridgehead atoms. The van der Waals surface area contributed by atoms with Gasteiger partial charge in [-0.2, -0.15) is 0 Å². The SMILES string of the molecule is CC(=O)Nc1ccc(NC(=O)[C@H]2NCCO[C@@H]2C)c(Cl)c1.Cl. The molecule has 122 valence electrons. The van der Waals surface area contributed by atoms with Crippen LogP contribution in [0.25, 0.3) is 0 Å². The summed E-state index contributed by atoms with van der Waals surface area (Å²) in [6.07, 6.45) is -0.198. The van der Waals surface area contributed by atoms with Crippen LogP contribution < -0.4 is 16.0 Å². The number of hydrogen-bond donors (Lipinski definition) is 3. The quantitative estimate of drug-likeness (QED) is 0.781. The molecule has 8 heteroatoms. The van der Waals surface area contributed by atoms with Crippen LogP contribution in [0.15, 0.2) is 18.2 Å². The Bertz CT molecular complexity index is 554. The van der Waals surface area contributed by atoms with Gasteiger partial charge in [0.1, 0.15) is 6.04 Å². The zero-order valence-electron chi connectivity index (χ0n) is 12.3. The summed E-state index contributed by atoms with van der Waals surface area (Å²) < 4.78 is 5.44. The average molecular weight is 348 g/mol. The Hall–Kier alpha value is -1.34. The maximum absolute atomic E-state index is 12.2. The fraction of sp³-hybridized carbons (Fsp3) is 0.429. The minimum Gasteiger partial charge on any atom is -0.375 e. The highest BCUT2D eigenvalue weighted by Gasteiger charge is 2.28. The van der Waals surface area contributed by atoms with E-state index in [0.717, 1.165) is 0 Å². The molecular formula is C14H19Cl2N3O3. The number of ether oxygens (including phenoxy) is 1. The molecule has 1 saturated heterocycles. The molecule has 1 aliphatic rings. The van der Waals surface area contributed by atoms with Crippen LogP contribution in [0.2, 0.25) is 5.02 Å². The van der Waals surface area contributed by atoms with E-state index in [1.165, 1.54) is 6.92 Å². The molecule has 2 amide bonds. The normalized spacial score (nSPS) is 20.7. The Morgan fingerprint density at radius 3 is 2.68 bits per heavy atom. The molecule has 1 heterocycles. The predicted octanol–water partition coefficient (Wildman–Crippen LogP) is 2.04. The van der Waals surface area contributed by atoms with Gasteiger partial charge in [0.15, 0.2) is 0 Å². The first-order valence-corrected chi connectivity index (χ1v) is 7.08. The number of halogens is 2. The van der Waals surface area contributed by atoms with Crippen molar-refractivity contribution in [3.63, 3.8) is 0 Å². The van der Waals surface area contributed by atoms with Crippen LogP contribution in [0.4, 0.5) is 11.4 Å². The van der Waals surface area contributed by atoms with Gasteiger partial charge in [-0.15, -0.1) is 12.4 Å². The van der Waals surface area contributed by atoms with Crippen molar-refractivity contribution in [2.75, 3.05) is 23.8 Å². The van der Waals surface area contributed by atoms with E-state index >= 15 is 0 Å². The molecule has 0 aromatic heterocycles. The van der Waals surface area contributed by atoms with Crippen molar-refractivity contribution in [1.29, 1.82) is 0 Å². The van der Waals surface area contributed by atoms with Gasteiger partial charge >= 0.3 is 0 Å². The second-order valence-corrected chi connectivity index (χ2v) is 5.28. The zero-order valence-corrected chi connectivity index (χ0v) is 13.9. The molecule has 6 nitrogen and oxygen atoms in total. The van der Waals surface area contributed by atoms with Crippen LogP contribution in [-0.2, 0) is 14.3 Å². The van der Waals surface area contributed by atoms with Gasteiger partial charge in [0.2, 0.25) is 11.8 Å². The highest BCUT2D eigenvalue weighted by atomic mass is 35.5. The highest BCUT2D eigenvalue weighted by molar-refractivity contribution is 6.34. The van der Waals surface area contributed by atoms with Gasteiger partial charge in [-0.05, 0) is 25.1 Å². The third kappa shape index (κ3) is 4.84. The Balaban J connectivity index is 0.00000242. The maximum Gasteiger partial charge on any atom is 0.244 e. The van der Waals surface area contributed by atoms with Crippen LogP contribution >= 0.6 is 24.0 Å². The van der Waals surface area contributed by atoms with Crippen LogP contribution in [0.5, 0.6) is 0 Å². The molecule has 22 heavy (non-hydrogen) atoms. The lowest BCUT2D eigenvalue weighted by Gasteiger charge is -2.29. The molecular weight excluding hydrogens is 329 g/mol. The number of benzene rings is 1. The second kappa shape index (κ2) is 8.33. The summed E-state index contributed by atoms with van der Waals surface area (Å²) in [7, 11) is 0. The van der Waals surface area contributed by atoms with Crippen LogP contribution in [0, 0.1) is 0 Å². The van der Waals surface area contributed by atoms with Crippen molar-refractivity contribution in [3.8, 4) is 0 Å². The lowest BCUT2D eigenvalue weighted by Crippen LogP contribution is -2.53. The predicted molar refractivity (Wildman–Crippen MR) is 88.8 cm³/mol. The van der Waals surface area contributed by atoms with Crippen molar-refractivity contribution in [3.05, 3.63) is 23.2 Å². The largest absolute Gasteiger partial charge is 0.375 e. The topological polar surface area (TPSA) is 79.5 Å². The molecule has 2 rings (SSSR count). The Morgan fingerprint density at radius 1 is 1.36 bits per heavy atom. The van der Waals surface area contributed by atoms with Crippen molar-refractivity contribution in [2.45, 2.75) is 26.0 Å². The minimum absolute atomic E-state index is 0. The summed E-state index contributed by atoms with van der Waals surface area (Å²) in [5.41, 5.74) is 1.08. The summed E-state index contributed by atoms with van der Waals surface area (Å²) >= 11 is 6.11. The van der Waals surface area contributed by atoms with Gasteiger partial charge in [-0.3, -0.25) is 9.59 Å². The fourth-order valence-electron chi connectivity index (χ4n) is 2.14. The smallest absolute Gasteiger partial charge is 0.244 e. The van der Waals surface area contributed by atoms with E-state index in [2.05, 4.69) is 16.0 Å². The van der Waals surface area contributed by atoms with E-state index in [4.69, 9.17) is 16.3 Å². The van der Waals surface area contributed by atoms with E-state index in [0.29, 0.717) is 29.5 Å². The molecule has 1 fully saturated rings. The number of carbonyl (C=O) groups is 2. The summed E-state index contributed by atoms with van der Waals surface area (Å²) in [6, 6.07) is 4.51. The molecule has 0 spiro atoms. The molecule has 2 atom stereocenters. The standard InChI is InChI=1S/C14H18ClN3O3.ClH/c1-8-13(16-5-6-21-8)14(20)18-12-4-3-10(7-11(12)15)17-9(2)19;/h3-4,7-8,13,16H,5-6H2,1-2H3,(H,17,19)(H,18,20);1H/t8-,13+;/m1./s1. The van der Waals surface area contributed by atoms with Crippen molar-refractivity contribution in [2.24, 2.45) is 0 Å². The number of carbonyl (C=O) groups excluding carboxylic acids is 2. The summed E-state index contributed by atoms with van der Waals surface area (Å²) in [4.78, 5) is 23.2. The first-order chi connectivity index (χ1) is 9.97. The van der Waals surface area contributed by atoms with E-state index in [1.54, 1.807) is 18.2 Å². The first-order valence-electron chi connectivity index (χ1n) is 6.70. The number of amides is 2. The van der Waals surface area contributed by atoms with Gasteiger partial charge in [0.05, 0.1) is 23.4 Å². The monoisotopic (exact) mass is 347 g/mol. The third-order valence-corrected chi connectivity index (χ3v) is 3.46. The lowest BCUT2D eigenvalue weighted by molar-refractivity contribution is -0.123. The number of rotatable bonds is 3. The highest BCUT2D eigenvalue weighted by Crippen LogP contribution is 2.26. The molecule has 0 saturated carbocycles. The number of hydrogen-bond acceptors (Lipinski definition) is 4. The number of morpholine rings is 1. The summed E-state index contributed by atoms with van der Waals surface area (Å²) in [5, 5.41) is 8.86. The van der Waals surface area contributed by atoms with Gasteiger partial charge in [0.25, 0.3) is 0 Å². The molecule has 1 aromatic carbocycles. The molecule has 0 radical (unpaired) electrons. The number of anilines is 2. The van der Waals surface area contributed by atoms with Crippen molar-refractivity contribution in [1.82, 2.24) is 5.32 Å². The van der Waals surface area contributed by atoms with Crippen LogP contribution in [0.3, 0.4) is 0 Å². The molecule has 1 aromatic rings. The Kier molecular flexibility index (Phi) is 7.09. The minimum atomic E-state index is -0.412. The lowest BCUT2D eigenvalue weighted by atomic mass is 10.1. The van der Waals surface area contributed by atoms with Crippen LogP contribution in [0.1, 0.15) is 13.8 Å². The van der Waals surface area contributed by atoms with Crippen molar-refractivity contribution < 1.29 is 14.3 Å². The van der Waals surface area contributed by atoms with Gasteiger partial charge < -0.3 is 20.7 Å². The first kappa shape index (κ1) is 18.7. The fourth-order valence-corrected chi connectivity index (χ4v) is 2.36. The molecule has 3 N–H and O–H groups in total. The van der Waals surface area contributed by atoms with Gasteiger partial charge in [0, 0.05) is 19.2 Å². The molecule has 1 aliphatic heterocycles. The third-order valence-electron chi connectivity index (χ3n) is 3.15. The molecule has 0 aliphatic carbocycles. The van der Waals surface area contributed by atoms with Crippen LogP contribution in [-0.4, -0.2) is 37.1 Å². The zero-order chi connectivity index (χ0) is 15.4. The van der Waals surface area contributed by atoms with E-state index in [-0.39, 0.29) is 30.3 Å². The van der Waals surface area contributed by atoms with E-state index in [9.17, 15) is 9.59 Å². The molecule has 0 unspecified atom stereocenters. The van der Waals surface area contributed by atoms with Gasteiger partial charge in [-0.1, -0.05) is 11.6 Å². The van der Waals surface area contributed by atoms with Crippen molar-refractivity contribution >= 4 is 47.2 Å². The van der Waals surface area contributed by atoms with Gasteiger partial charge in [-0.25, -0.2) is 0 Å².